The van der Waals surface area contributed by atoms with Crippen LogP contribution < -0.4 is 25.0 Å². The number of benzene rings is 1. The highest BCUT2D eigenvalue weighted by atomic mass is 16.7. The van der Waals surface area contributed by atoms with Crippen molar-refractivity contribution >= 4 is 29.4 Å². The van der Waals surface area contributed by atoms with Crippen LogP contribution in [0.2, 0.25) is 0 Å². The van der Waals surface area contributed by atoms with Gasteiger partial charge in [0, 0.05) is 63.4 Å². The van der Waals surface area contributed by atoms with E-state index in [0.717, 1.165) is 0 Å². The van der Waals surface area contributed by atoms with Crippen molar-refractivity contribution in [3.63, 3.8) is 0 Å². The molecule has 0 spiro atoms. The molecule has 2 saturated heterocycles. The highest BCUT2D eigenvalue weighted by Crippen LogP contribution is 2.34. The first-order valence-electron chi connectivity index (χ1n) is 11.6. The Labute approximate surface area is 202 Å². The average molecular weight is 482 g/mol. The summed E-state index contributed by atoms with van der Waals surface area (Å²) in [6.45, 7) is 3.84. The number of aromatic nitrogens is 2. The quantitative estimate of drug-likeness (QED) is 0.570. The van der Waals surface area contributed by atoms with Gasteiger partial charge in [0.05, 0.1) is 13.0 Å². The number of carbonyl (C=O) groups is 3. The van der Waals surface area contributed by atoms with Gasteiger partial charge in [0.2, 0.25) is 30.5 Å². The van der Waals surface area contributed by atoms with Gasteiger partial charge in [-0.3, -0.25) is 19.3 Å². The van der Waals surface area contributed by atoms with E-state index in [1.54, 1.807) is 36.7 Å². The summed E-state index contributed by atoms with van der Waals surface area (Å²) in [6, 6.07) is 6.01. The van der Waals surface area contributed by atoms with Gasteiger partial charge in [0.15, 0.2) is 11.5 Å². The zero-order chi connectivity index (χ0) is 24.2. The molecule has 0 bridgehead atoms. The first-order valence-corrected chi connectivity index (χ1v) is 11.6. The van der Waals surface area contributed by atoms with Gasteiger partial charge in [-0.25, -0.2) is 9.97 Å². The monoisotopic (exact) mass is 481 g/mol. The van der Waals surface area contributed by atoms with E-state index in [4.69, 9.17) is 9.47 Å². The Hall–Kier alpha value is -3.93. The fraction of sp³-hybridized carbons (Fsp3) is 0.435. The van der Waals surface area contributed by atoms with Crippen molar-refractivity contribution in [1.82, 2.24) is 25.1 Å². The molecule has 1 atom stereocenters. The van der Waals surface area contributed by atoms with Crippen LogP contribution >= 0.6 is 0 Å². The zero-order valence-electron chi connectivity index (χ0n) is 19.2. The number of nitrogens with zero attached hydrogens (tertiary/aromatic N) is 5. The third-order valence-electron chi connectivity index (χ3n) is 6.25. The van der Waals surface area contributed by atoms with Crippen molar-refractivity contribution < 1.29 is 23.9 Å². The summed E-state index contributed by atoms with van der Waals surface area (Å²) < 4.78 is 10.6. The van der Waals surface area contributed by atoms with Crippen LogP contribution in [0.3, 0.4) is 0 Å². The second-order valence-corrected chi connectivity index (χ2v) is 8.53. The van der Waals surface area contributed by atoms with E-state index in [1.807, 2.05) is 0 Å². The fourth-order valence-electron chi connectivity index (χ4n) is 4.42. The van der Waals surface area contributed by atoms with Crippen LogP contribution in [0.4, 0.5) is 11.6 Å². The topological polar surface area (TPSA) is 129 Å². The van der Waals surface area contributed by atoms with Crippen molar-refractivity contribution in [3.8, 4) is 11.5 Å². The zero-order valence-corrected chi connectivity index (χ0v) is 19.2. The maximum absolute atomic E-state index is 13.1. The van der Waals surface area contributed by atoms with Crippen molar-refractivity contribution in [2.75, 3.05) is 62.8 Å². The predicted octanol–water partition coefficient (Wildman–Crippen LogP) is -0.317. The van der Waals surface area contributed by atoms with E-state index in [-0.39, 0.29) is 37.5 Å². The summed E-state index contributed by atoms with van der Waals surface area (Å²) in [5.74, 6) is 0.999. The summed E-state index contributed by atoms with van der Waals surface area (Å²) in [7, 11) is 0. The fourth-order valence-corrected chi connectivity index (χ4v) is 4.42. The lowest BCUT2D eigenvalue weighted by Crippen LogP contribution is -2.60. The van der Waals surface area contributed by atoms with Crippen molar-refractivity contribution in [1.29, 1.82) is 0 Å². The van der Waals surface area contributed by atoms with Crippen molar-refractivity contribution in [2.24, 2.45) is 0 Å². The highest BCUT2D eigenvalue weighted by Gasteiger charge is 2.35. The number of nitrogens with one attached hydrogen (secondary N) is 2. The number of hydrogen-bond acceptors (Lipinski definition) is 9. The van der Waals surface area contributed by atoms with Gasteiger partial charge in [0.25, 0.3) is 0 Å². The first kappa shape index (κ1) is 22.8. The number of anilines is 2. The predicted molar refractivity (Wildman–Crippen MR) is 125 cm³/mol. The molecule has 1 unspecified atom stereocenters. The lowest BCUT2D eigenvalue weighted by atomic mass is 10.1. The Morgan fingerprint density at radius 3 is 2.63 bits per heavy atom. The van der Waals surface area contributed by atoms with E-state index in [2.05, 4.69) is 30.4 Å². The molecule has 3 aliphatic heterocycles. The lowest BCUT2D eigenvalue weighted by molar-refractivity contribution is -0.145. The molecule has 184 valence electrons. The average Bonchev–Trinajstić information content (AvgIpc) is 3.34. The molecule has 2 aromatic rings. The molecule has 3 amide bonds. The normalized spacial score (nSPS) is 19.9. The summed E-state index contributed by atoms with van der Waals surface area (Å²) in [4.78, 5) is 52.7. The van der Waals surface area contributed by atoms with E-state index < -0.39 is 6.04 Å². The van der Waals surface area contributed by atoms with E-state index in [1.165, 1.54) is 4.90 Å². The van der Waals surface area contributed by atoms with Crippen LogP contribution in [0, 0.1) is 0 Å². The molecule has 0 radical (unpaired) electrons. The molecular weight excluding hydrogens is 454 g/mol. The van der Waals surface area contributed by atoms with Gasteiger partial charge in [-0.1, -0.05) is 0 Å². The number of fused-ring (bicyclic) bond motifs is 1. The van der Waals surface area contributed by atoms with Gasteiger partial charge in [0.1, 0.15) is 6.04 Å². The molecule has 1 aromatic carbocycles. The lowest BCUT2D eigenvalue weighted by Gasteiger charge is -2.38. The Morgan fingerprint density at radius 1 is 1.06 bits per heavy atom. The minimum atomic E-state index is -0.857. The van der Waals surface area contributed by atoms with E-state index in [9.17, 15) is 14.4 Å². The van der Waals surface area contributed by atoms with Crippen LogP contribution in [0.15, 0.2) is 36.7 Å². The third-order valence-corrected chi connectivity index (χ3v) is 6.25. The summed E-state index contributed by atoms with van der Waals surface area (Å²) in [6.07, 6.45) is 3.29. The molecule has 12 nitrogen and oxygen atoms in total. The number of carbonyl (C=O) groups excluding carboxylic acids is 3. The standard InChI is InChI=1S/C23H27N7O5/c31-20(27-16-2-3-18-19(12-16)35-15-34-18)13-17-22(33)24-6-7-30(17)21(32)14-28-8-10-29(11-9-28)23-25-4-1-5-26-23/h1-5,12,17H,6-11,13-15H2,(H,24,33)(H,27,31). The smallest absolute Gasteiger partial charge is 0.243 e. The molecule has 2 N–H and O–H groups in total. The Kier molecular flexibility index (Phi) is 6.62. The second-order valence-electron chi connectivity index (χ2n) is 8.53. The Morgan fingerprint density at radius 2 is 1.83 bits per heavy atom. The highest BCUT2D eigenvalue weighted by molar-refractivity contribution is 5.97. The molecule has 0 saturated carbocycles. The maximum atomic E-state index is 13.1. The molecular formula is C23H27N7O5. The van der Waals surface area contributed by atoms with E-state index in [0.29, 0.717) is 62.4 Å². The van der Waals surface area contributed by atoms with E-state index >= 15 is 0 Å². The Bertz CT molecular complexity index is 1090. The van der Waals surface area contributed by atoms with Crippen LogP contribution in [0.5, 0.6) is 11.5 Å². The largest absolute Gasteiger partial charge is 0.454 e. The minimum Gasteiger partial charge on any atom is -0.454 e. The summed E-state index contributed by atoms with van der Waals surface area (Å²) in [5, 5.41) is 5.54. The summed E-state index contributed by atoms with van der Waals surface area (Å²) >= 11 is 0. The van der Waals surface area contributed by atoms with Crippen LogP contribution in [0.25, 0.3) is 0 Å². The van der Waals surface area contributed by atoms with Crippen molar-refractivity contribution in [2.45, 2.75) is 12.5 Å². The minimum absolute atomic E-state index is 0.134. The molecule has 35 heavy (non-hydrogen) atoms. The molecule has 12 heteroatoms. The van der Waals surface area contributed by atoms with Gasteiger partial charge >= 0.3 is 0 Å². The number of amides is 3. The van der Waals surface area contributed by atoms with Gasteiger partial charge < -0.3 is 29.9 Å². The van der Waals surface area contributed by atoms with Crippen LogP contribution in [-0.2, 0) is 14.4 Å². The van der Waals surface area contributed by atoms with Gasteiger partial charge in [-0.15, -0.1) is 0 Å². The molecule has 2 fully saturated rings. The first-order chi connectivity index (χ1) is 17.1. The summed E-state index contributed by atoms with van der Waals surface area (Å²) in [5.41, 5.74) is 0.536. The van der Waals surface area contributed by atoms with Crippen LogP contribution in [-0.4, -0.2) is 96.1 Å². The number of ether oxygens (including phenoxy) is 2. The molecule has 1 aromatic heterocycles. The second kappa shape index (κ2) is 10.1. The molecule has 0 aliphatic carbocycles. The van der Waals surface area contributed by atoms with Crippen LogP contribution in [0.1, 0.15) is 6.42 Å². The molecule has 3 aliphatic rings. The molecule has 4 heterocycles. The third kappa shape index (κ3) is 5.27. The maximum Gasteiger partial charge on any atom is 0.243 e. The van der Waals surface area contributed by atoms with Crippen molar-refractivity contribution in [3.05, 3.63) is 36.7 Å². The number of piperazine rings is 2. The number of rotatable bonds is 6. The SMILES string of the molecule is O=C(CC1C(=O)NCCN1C(=O)CN1CCN(c2ncccn2)CC1)Nc1ccc2c(c1)OCO2. The Balaban J connectivity index is 1.16. The van der Waals surface area contributed by atoms with Gasteiger partial charge in [-0.05, 0) is 18.2 Å². The van der Waals surface area contributed by atoms with Gasteiger partial charge in [-0.2, -0.15) is 0 Å². The number of hydrogen-bond donors (Lipinski definition) is 2. The molecule has 5 rings (SSSR count).